The van der Waals surface area contributed by atoms with Crippen molar-refractivity contribution in [2.45, 2.75) is 6.54 Å². The molecule has 0 atom stereocenters. The van der Waals surface area contributed by atoms with E-state index in [-0.39, 0.29) is 0 Å². The van der Waals surface area contributed by atoms with E-state index in [9.17, 15) is 4.79 Å². The molecule has 2 heterocycles. The molecule has 0 fully saturated rings. The average Bonchev–Trinajstić information content (AvgIpc) is 2.99. The number of hydroxylamine groups is 1. The Hall–Kier alpha value is -3.18. The monoisotopic (exact) mass is 317 g/mol. The van der Waals surface area contributed by atoms with Gasteiger partial charge in [-0.2, -0.15) is 0 Å². The zero-order chi connectivity index (χ0) is 16.5. The largest absolute Gasteiger partial charge is 0.342 e. The third-order valence-electron chi connectivity index (χ3n) is 4.20. The van der Waals surface area contributed by atoms with E-state index in [1.165, 1.54) is 0 Å². The molecule has 1 amide bonds. The van der Waals surface area contributed by atoms with Crippen molar-refractivity contribution in [1.29, 1.82) is 0 Å². The number of carbonyl (C=O) groups is 1. The quantitative estimate of drug-likeness (QED) is 0.439. The molecular weight excluding hydrogens is 302 g/mol. The lowest BCUT2D eigenvalue weighted by Crippen LogP contribution is -2.18. The van der Waals surface area contributed by atoms with Crippen molar-refractivity contribution in [2.24, 2.45) is 4.99 Å². The van der Waals surface area contributed by atoms with Crippen LogP contribution in [0.3, 0.4) is 0 Å². The summed E-state index contributed by atoms with van der Waals surface area (Å²) in [6, 6.07) is 17.3. The van der Waals surface area contributed by atoms with Gasteiger partial charge < -0.3 is 4.57 Å². The third kappa shape index (κ3) is 2.51. The molecule has 5 heteroatoms. The zero-order valence-corrected chi connectivity index (χ0v) is 12.8. The Morgan fingerprint density at radius 2 is 1.88 bits per heavy atom. The highest BCUT2D eigenvalue weighted by Crippen LogP contribution is 2.29. The maximum Gasteiger partial charge on any atom is 0.274 e. The van der Waals surface area contributed by atoms with Crippen LogP contribution in [0.1, 0.15) is 21.6 Å². The van der Waals surface area contributed by atoms with Gasteiger partial charge in [0, 0.05) is 18.3 Å². The van der Waals surface area contributed by atoms with Gasteiger partial charge in [0.05, 0.1) is 17.6 Å². The molecule has 0 unspecified atom stereocenters. The molecule has 118 valence electrons. The Morgan fingerprint density at radius 3 is 2.67 bits per heavy atom. The summed E-state index contributed by atoms with van der Waals surface area (Å²) in [6.45, 7) is 0.774. The van der Waals surface area contributed by atoms with Gasteiger partial charge in [0.2, 0.25) is 0 Å². The molecule has 0 bridgehead atoms. The number of hydrogen-bond acceptors (Lipinski definition) is 3. The van der Waals surface area contributed by atoms with Crippen LogP contribution in [-0.4, -0.2) is 21.9 Å². The van der Waals surface area contributed by atoms with Gasteiger partial charge in [-0.3, -0.25) is 15.0 Å². The fourth-order valence-electron chi connectivity index (χ4n) is 2.90. The van der Waals surface area contributed by atoms with Gasteiger partial charge in [0.1, 0.15) is 0 Å². The van der Waals surface area contributed by atoms with E-state index in [4.69, 9.17) is 5.21 Å². The van der Waals surface area contributed by atoms with E-state index >= 15 is 0 Å². The zero-order valence-electron chi connectivity index (χ0n) is 12.8. The Bertz CT molecular complexity index is 940. The summed E-state index contributed by atoms with van der Waals surface area (Å²) in [5.74, 6) is -0.516. The molecule has 0 saturated heterocycles. The second-order valence-electron chi connectivity index (χ2n) is 5.68. The predicted octanol–water partition coefficient (Wildman–Crippen LogP) is 3.39. The third-order valence-corrected chi connectivity index (χ3v) is 4.20. The average molecular weight is 317 g/mol. The van der Waals surface area contributed by atoms with Crippen LogP contribution in [0.25, 0.3) is 11.1 Å². The maximum atomic E-state index is 11.4. The van der Waals surface area contributed by atoms with Gasteiger partial charge in [-0.05, 0) is 53.1 Å². The number of benzene rings is 2. The van der Waals surface area contributed by atoms with Crippen LogP contribution in [-0.2, 0) is 6.54 Å². The number of hydrogen-bond donors (Lipinski definition) is 2. The first kappa shape index (κ1) is 14.4. The summed E-state index contributed by atoms with van der Waals surface area (Å²) in [6.07, 6.45) is 3.93. The topological polar surface area (TPSA) is 66.6 Å². The minimum atomic E-state index is -0.516. The van der Waals surface area contributed by atoms with Gasteiger partial charge in [0.25, 0.3) is 5.91 Å². The van der Waals surface area contributed by atoms with Crippen molar-refractivity contribution in [2.75, 3.05) is 0 Å². The Kier molecular flexibility index (Phi) is 3.48. The number of carbonyl (C=O) groups excluding carboxylic acids is 1. The van der Waals surface area contributed by atoms with E-state index in [0.29, 0.717) is 5.56 Å². The van der Waals surface area contributed by atoms with Gasteiger partial charge in [-0.1, -0.05) is 18.2 Å². The van der Waals surface area contributed by atoms with Crippen LogP contribution in [0.15, 0.2) is 65.8 Å². The first-order chi connectivity index (χ1) is 11.7. The molecule has 0 radical (unpaired) electrons. The van der Waals surface area contributed by atoms with E-state index in [1.54, 1.807) is 17.6 Å². The summed E-state index contributed by atoms with van der Waals surface area (Å²) in [5, 5.41) is 8.68. The van der Waals surface area contributed by atoms with Crippen molar-refractivity contribution in [1.82, 2.24) is 10.0 Å². The van der Waals surface area contributed by atoms with Crippen molar-refractivity contribution < 1.29 is 10.0 Å². The lowest BCUT2D eigenvalue weighted by atomic mass is 10.0. The number of amides is 1. The standard InChI is InChI=1S/C19H15N3O2/c23-19(21-24)14-5-3-13(4-6-14)15-7-8-18-16(10-15)12-22-9-1-2-17(22)11-20-18/h1-11,24H,12H2,(H,21,23). The lowest BCUT2D eigenvalue weighted by molar-refractivity contribution is 0.0706. The molecular formula is C19H15N3O2. The molecule has 0 spiro atoms. The van der Waals surface area contributed by atoms with Crippen LogP contribution in [0.2, 0.25) is 0 Å². The van der Waals surface area contributed by atoms with E-state index in [2.05, 4.69) is 15.6 Å². The summed E-state index contributed by atoms with van der Waals surface area (Å²) >= 11 is 0. The summed E-state index contributed by atoms with van der Waals surface area (Å²) in [5.41, 5.74) is 7.33. The second-order valence-corrected chi connectivity index (χ2v) is 5.68. The SMILES string of the molecule is O=C(NO)c1ccc(-c2ccc3c(c2)Cn2cccc2C=N3)cc1. The molecule has 1 aliphatic rings. The molecule has 4 rings (SSSR count). The highest BCUT2D eigenvalue weighted by molar-refractivity contribution is 5.93. The smallest absolute Gasteiger partial charge is 0.274 e. The summed E-state index contributed by atoms with van der Waals surface area (Å²) in [4.78, 5) is 16.0. The van der Waals surface area contributed by atoms with Crippen molar-refractivity contribution in [3.8, 4) is 11.1 Å². The predicted molar refractivity (Wildman–Crippen MR) is 91.9 cm³/mol. The molecule has 1 aromatic heterocycles. The molecule has 3 aromatic rings. The van der Waals surface area contributed by atoms with Gasteiger partial charge in [0.15, 0.2) is 0 Å². The van der Waals surface area contributed by atoms with Crippen LogP contribution in [0.4, 0.5) is 5.69 Å². The first-order valence-electron chi connectivity index (χ1n) is 7.61. The normalized spacial score (nSPS) is 12.2. The Morgan fingerprint density at radius 1 is 1.08 bits per heavy atom. The van der Waals surface area contributed by atoms with Gasteiger partial charge >= 0.3 is 0 Å². The van der Waals surface area contributed by atoms with Crippen LogP contribution >= 0.6 is 0 Å². The van der Waals surface area contributed by atoms with E-state index < -0.39 is 5.91 Å². The minimum Gasteiger partial charge on any atom is -0.342 e. The minimum absolute atomic E-state index is 0.414. The van der Waals surface area contributed by atoms with Crippen molar-refractivity contribution in [3.63, 3.8) is 0 Å². The van der Waals surface area contributed by atoms with Crippen LogP contribution in [0.5, 0.6) is 0 Å². The molecule has 5 nitrogen and oxygen atoms in total. The maximum absolute atomic E-state index is 11.4. The highest BCUT2D eigenvalue weighted by atomic mass is 16.5. The van der Waals surface area contributed by atoms with E-state index in [0.717, 1.165) is 34.6 Å². The molecule has 2 N–H and O–H groups in total. The number of nitrogens with zero attached hydrogens (tertiary/aromatic N) is 2. The van der Waals surface area contributed by atoms with Crippen molar-refractivity contribution >= 4 is 17.8 Å². The molecule has 2 aromatic carbocycles. The fourth-order valence-corrected chi connectivity index (χ4v) is 2.90. The number of rotatable bonds is 2. The molecule has 24 heavy (non-hydrogen) atoms. The van der Waals surface area contributed by atoms with Gasteiger partial charge in [-0.15, -0.1) is 0 Å². The van der Waals surface area contributed by atoms with Crippen LogP contribution in [0, 0.1) is 0 Å². The number of nitrogens with one attached hydrogen (secondary N) is 1. The fraction of sp³-hybridized carbons (Fsp3) is 0.0526. The van der Waals surface area contributed by atoms with Crippen molar-refractivity contribution in [3.05, 3.63) is 77.6 Å². The summed E-state index contributed by atoms with van der Waals surface area (Å²) in [7, 11) is 0. The Labute approximate surface area is 138 Å². The number of aliphatic imine (C=N–C) groups is 1. The van der Waals surface area contributed by atoms with Gasteiger partial charge in [-0.25, -0.2) is 5.48 Å². The lowest BCUT2D eigenvalue weighted by Gasteiger charge is -2.09. The molecule has 1 aliphatic heterocycles. The van der Waals surface area contributed by atoms with E-state index in [1.807, 2.05) is 48.8 Å². The second kappa shape index (κ2) is 5.79. The van der Waals surface area contributed by atoms with Crippen LogP contribution < -0.4 is 5.48 Å². The number of fused-ring (bicyclic) bond motifs is 2. The Balaban J connectivity index is 1.69. The summed E-state index contributed by atoms with van der Waals surface area (Å²) < 4.78 is 2.16. The highest BCUT2D eigenvalue weighted by Gasteiger charge is 2.11. The number of aromatic nitrogens is 1. The first-order valence-corrected chi connectivity index (χ1v) is 7.61. The molecule has 0 aliphatic carbocycles. The molecule has 0 saturated carbocycles.